The van der Waals surface area contributed by atoms with Crippen molar-refractivity contribution in [2.45, 2.75) is 45.6 Å². The summed E-state index contributed by atoms with van der Waals surface area (Å²) >= 11 is 0. The number of likely N-dealkylation sites (N-methyl/N-ethyl adjacent to an activating group) is 1. The number of pyridine rings is 2. The smallest absolute Gasteiger partial charge is 0.343 e. The zero-order valence-corrected chi connectivity index (χ0v) is 22.7. The Morgan fingerprint density at radius 1 is 1.00 bits per heavy atom. The third-order valence-corrected chi connectivity index (χ3v) is 8.29. The monoisotopic (exact) mass is 534 g/mol. The number of fused-ring (bicyclic) bond motifs is 3. The van der Waals surface area contributed by atoms with Crippen LogP contribution in [0.4, 0.5) is 0 Å². The molecule has 0 bridgehead atoms. The summed E-state index contributed by atoms with van der Waals surface area (Å²) in [4.78, 5) is 35.6. The molecule has 2 aromatic heterocycles. The lowest BCUT2D eigenvalue weighted by molar-refractivity contribution is -0.172. The Morgan fingerprint density at radius 2 is 1.72 bits per heavy atom. The number of hydrogen-bond acceptors (Lipinski definition) is 9. The van der Waals surface area contributed by atoms with E-state index in [0.29, 0.717) is 42.4 Å². The van der Waals surface area contributed by atoms with Gasteiger partial charge in [-0.1, -0.05) is 6.92 Å². The first kappa shape index (κ1) is 25.8. The van der Waals surface area contributed by atoms with Crippen molar-refractivity contribution < 1.29 is 24.1 Å². The van der Waals surface area contributed by atoms with Gasteiger partial charge in [-0.2, -0.15) is 0 Å². The molecule has 6 rings (SSSR count). The molecular weight excluding hydrogens is 500 g/mol. The predicted octanol–water partition coefficient (Wildman–Crippen LogP) is 1.93. The number of ether oxygens (including phenoxy) is 3. The second kappa shape index (κ2) is 9.93. The summed E-state index contributed by atoms with van der Waals surface area (Å²) in [6.07, 6.45) is 1.79. The molecule has 0 spiro atoms. The van der Waals surface area contributed by atoms with Gasteiger partial charge in [0.1, 0.15) is 19.8 Å². The van der Waals surface area contributed by atoms with Crippen molar-refractivity contribution in [1.29, 1.82) is 0 Å². The number of aliphatic hydroxyl groups is 1. The van der Waals surface area contributed by atoms with Gasteiger partial charge in [-0.05, 0) is 43.7 Å². The van der Waals surface area contributed by atoms with Crippen LogP contribution in [-0.2, 0) is 34.8 Å². The number of carbonyl (C=O) groups is 1. The fourth-order valence-corrected chi connectivity index (χ4v) is 5.81. The molecule has 1 N–H and O–H groups in total. The van der Waals surface area contributed by atoms with Gasteiger partial charge in [-0.3, -0.25) is 14.7 Å². The zero-order valence-electron chi connectivity index (χ0n) is 22.7. The van der Waals surface area contributed by atoms with Crippen LogP contribution in [0.5, 0.6) is 11.5 Å². The predicted molar refractivity (Wildman–Crippen MR) is 144 cm³/mol. The van der Waals surface area contributed by atoms with E-state index < -0.39 is 11.6 Å². The molecule has 10 heteroatoms. The number of hydrogen-bond donors (Lipinski definition) is 1. The lowest BCUT2D eigenvalue weighted by atomic mass is 9.87. The SMILES string of the molecule is CCC1(O)C(=O)OCc2c1ccn(Cc1c(C)nc3cc4c(cc3c1CN1CCN(C)CC1)OCCO4)c2=O. The number of carbonyl (C=O) groups excluding carboxylic acids is 1. The Labute approximate surface area is 226 Å². The summed E-state index contributed by atoms with van der Waals surface area (Å²) in [5, 5.41) is 11.9. The molecular formula is C29H34N4O6. The molecule has 3 aliphatic rings. The van der Waals surface area contributed by atoms with Gasteiger partial charge in [0.2, 0.25) is 0 Å². The molecule has 1 unspecified atom stereocenters. The third-order valence-electron chi connectivity index (χ3n) is 8.29. The number of nitrogens with zero attached hydrogens (tertiary/aromatic N) is 4. The second-order valence-electron chi connectivity index (χ2n) is 10.7. The van der Waals surface area contributed by atoms with Crippen LogP contribution in [0.1, 0.15) is 41.3 Å². The standard InChI is InChI=1S/C29H34N4O6/c1-4-29(36)23-5-6-33(27(34)22(23)17-39-28(29)35)16-20-18(2)30-24-14-26-25(37-11-12-38-26)13-19(24)21(20)15-32-9-7-31(3)8-10-32/h5-6,13-14,36H,4,7-12,15-17H2,1-3H3. The van der Waals surface area contributed by atoms with E-state index in [2.05, 4.69) is 16.8 Å². The maximum absolute atomic E-state index is 13.6. The Kier molecular flexibility index (Phi) is 6.57. The Balaban J connectivity index is 1.46. The van der Waals surface area contributed by atoms with Crippen molar-refractivity contribution in [3.8, 4) is 11.5 Å². The van der Waals surface area contributed by atoms with Crippen molar-refractivity contribution in [2.24, 2.45) is 0 Å². The van der Waals surface area contributed by atoms with E-state index in [1.165, 1.54) is 0 Å². The third kappa shape index (κ3) is 4.46. The lowest BCUT2D eigenvalue weighted by Crippen LogP contribution is -2.44. The van der Waals surface area contributed by atoms with E-state index in [-0.39, 0.29) is 18.6 Å². The average Bonchev–Trinajstić information content (AvgIpc) is 2.94. The zero-order chi connectivity index (χ0) is 27.3. The Hall–Kier alpha value is -3.47. The van der Waals surface area contributed by atoms with Crippen molar-refractivity contribution >= 4 is 16.9 Å². The molecule has 5 heterocycles. The highest BCUT2D eigenvalue weighted by molar-refractivity contribution is 5.87. The quantitative estimate of drug-likeness (QED) is 0.492. The molecule has 1 fully saturated rings. The first-order chi connectivity index (χ1) is 18.8. The van der Waals surface area contributed by atoms with E-state index in [9.17, 15) is 14.7 Å². The molecule has 206 valence electrons. The van der Waals surface area contributed by atoms with Crippen molar-refractivity contribution in [2.75, 3.05) is 46.4 Å². The van der Waals surface area contributed by atoms with Crippen LogP contribution in [0.15, 0.2) is 29.2 Å². The Bertz CT molecular complexity index is 1510. The average molecular weight is 535 g/mol. The van der Waals surface area contributed by atoms with Gasteiger partial charge >= 0.3 is 5.97 Å². The Morgan fingerprint density at radius 3 is 2.44 bits per heavy atom. The van der Waals surface area contributed by atoms with E-state index in [4.69, 9.17) is 19.2 Å². The highest BCUT2D eigenvalue weighted by Crippen LogP contribution is 2.37. The molecule has 1 aromatic carbocycles. The van der Waals surface area contributed by atoms with Gasteiger partial charge in [0, 0.05) is 61.6 Å². The fraction of sp³-hybridized carbons (Fsp3) is 0.483. The molecule has 3 aliphatic heterocycles. The molecule has 39 heavy (non-hydrogen) atoms. The van der Waals surface area contributed by atoms with Crippen molar-refractivity contribution in [3.63, 3.8) is 0 Å². The summed E-state index contributed by atoms with van der Waals surface area (Å²) in [6.45, 7) is 9.43. The van der Waals surface area contributed by atoms with E-state index in [1.807, 2.05) is 19.1 Å². The highest BCUT2D eigenvalue weighted by atomic mass is 16.6. The number of aromatic nitrogens is 2. The largest absolute Gasteiger partial charge is 0.486 e. The maximum atomic E-state index is 13.6. The maximum Gasteiger partial charge on any atom is 0.343 e. The highest BCUT2D eigenvalue weighted by Gasteiger charge is 2.44. The van der Waals surface area contributed by atoms with Gasteiger partial charge in [0.25, 0.3) is 5.56 Å². The first-order valence-corrected chi connectivity index (χ1v) is 13.5. The number of piperazine rings is 1. The fourth-order valence-electron chi connectivity index (χ4n) is 5.81. The first-order valence-electron chi connectivity index (χ1n) is 13.5. The molecule has 0 saturated carbocycles. The molecule has 3 aromatic rings. The van der Waals surface area contributed by atoms with Gasteiger partial charge in [0.15, 0.2) is 17.1 Å². The molecule has 1 atom stereocenters. The number of cyclic esters (lactones) is 1. The lowest BCUT2D eigenvalue weighted by Gasteiger charge is -2.33. The topological polar surface area (TPSA) is 106 Å². The molecule has 1 saturated heterocycles. The summed E-state index contributed by atoms with van der Waals surface area (Å²) in [6, 6.07) is 5.63. The number of rotatable bonds is 5. The number of aryl methyl sites for hydroxylation is 1. The van der Waals surface area contributed by atoms with Gasteiger partial charge in [-0.25, -0.2) is 4.79 Å². The van der Waals surface area contributed by atoms with Crippen LogP contribution in [-0.4, -0.2) is 76.9 Å². The summed E-state index contributed by atoms with van der Waals surface area (Å²) in [5.74, 6) is 0.688. The van der Waals surface area contributed by atoms with Crippen LogP contribution in [0.2, 0.25) is 0 Å². The molecule has 0 radical (unpaired) electrons. The van der Waals surface area contributed by atoms with Gasteiger partial charge in [-0.15, -0.1) is 0 Å². The normalized spacial score (nSPS) is 21.6. The van der Waals surface area contributed by atoms with Crippen LogP contribution in [0.3, 0.4) is 0 Å². The van der Waals surface area contributed by atoms with E-state index in [0.717, 1.165) is 60.4 Å². The second-order valence-corrected chi connectivity index (χ2v) is 10.7. The van der Waals surface area contributed by atoms with Gasteiger partial charge in [0.05, 0.1) is 17.6 Å². The van der Waals surface area contributed by atoms with Crippen LogP contribution in [0, 0.1) is 6.92 Å². The minimum atomic E-state index is -1.81. The van der Waals surface area contributed by atoms with Crippen LogP contribution < -0.4 is 15.0 Å². The number of esters is 1. The summed E-state index contributed by atoms with van der Waals surface area (Å²) < 4.78 is 18.6. The minimum Gasteiger partial charge on any atom is -0.486 e. The summed E-state index contributed by atoms with van der Waals surface area (Å²) in [7, 11) is 2.14. The summed E-state index contributed by atoms with van der Waals surface area (Å²) in [5.41, 5.74) is 2.31. The van der Waals surface area contributed by atoms with Crippen molar-refractivity contribution in [1.82, 2.24) is 19.4 Å². The minimum absolute atomic E-state index is 0.126. The molecule has 10 nitrogen and oxygen atoms in total. The van der Waals surface area contributed by atoms with E-state index in [1.54, 1.807) is 23.8 Å². The molecule has 0 amide bonds. The molecule has 0 aliphatic carbocycles. The van der Waals surface area contributed by atoms with Crippen LogP contribution >= 0.6 is 0 Å². The van der Waals surface area contributed by atoms with Crippen LogP contribution in [0.25, 0.3) is 10.9 Å². The number of benzene rings is 1. The van der Waals surface area contributed by atoms with E-state index >= 15 is 0 Å². The van der Waals surface area contributed by atoms with Gasteiger partial charge < -0.3 is 28.8 Å². The van der Waals surface area contributed by atoms with Crippen molar-refractivity contribution in [3.05, 3.63) is 62.7 Å².